The van der Waals surface area contributed by atoms with Gasteiger partial charge in [-0.1, -0.05) is 13.3 Å². The van der Waals surface area contributed by atoms with Crippen LogP contribution >= 0.6 is 0 Å². The molecule has 1 unspecified atom stereocenters. The van der Waals surface area contributed by atoms with Gasteiger partial charge in [-0.25, -0.2) is 0 Å². The van der Waals surface area contributed by atoms with Crippen LogP contribution in [0, 0.1) is 0 Å². The van der Waals surface area contributed by atoms with E-state index in [1.165, 1.54) is 0 Å². The van der Waals surface area contributed by atoms with Crippen molar-refractivity contribution >= 4 is 11.6 Å². The monoisotopic (exact) mass is 197 g/mol. The molecule has 0 aromatic rings. The Hall–Kier alpha value is -0.900. The fourth-order valence-electron chi connectivity index (χ4n) is 1.37. The number of nitrogens with two attached hydrogens (primary N) is 1. The fourth-order valence-corrected chi connectivity index (χ4v) is 1.37. The first-order valence-electron chi connectivity index (χ1n) is 5.22. The lowest BCUT2D eigenvalue weighted by molar-refractivity contribution is -0.115. The van der Waals surface area contributed by atoms with Gasteiger partial charge in [0.1, 0.15) is 5.71 Å². The average Bonchev–Trinajstić information content (AvgIpc) is 2.90. The van der Waals surface area contributed by atoms with E-state index in [2.05, 4.69) is 10.3 Å². The molecule has 14 heavy (non-hydrogen) atoms. The first-order chi connectivity index (χ1) is 6.69. The molecule has 1 atom stereocenters. The van der Waals surface area contributed by atoms with E-state index in [0.29, 0.717) is 11.8 Å². The highest BCUT2D eigenvalue weighted by Gasteiger charge is 2.26. The van der Waals surface area contributed by atoms with Gasteiger partial charge in [-0.15, -0.1) is 0 Å². The number of nitrogens with one attached hydrogen (secondary N) is 1. The lowest BCUT2D eigenvalue weighted by Crippen LogP contribution is -2.43. The molecular weight excluding hydrogens is 178 g/mol. The maximum atomic E-state index is 11.6. The topological polar surface area (TPSA) is 67.5 Å². The third kappa shape index (κ3) is 3.10. The normalized spacial score (nSPS) is 19.2. The highest BCUT2D eigenvalue weighted by Crippen LogP contribution is 2.18. The van der Waals surface area contributed by atoms with E-state index in [9.17, 15) is 4.79 Å². The number of carbonyl (C=O) groups is 1. The Labute approximate surface area is 85.0 Å². The Morgan fingerprint density at radius 2 is 2.29 bits per heavy atom. The van der Waals surface area contributed by atoms with Gasteiger partial charge in [-0.2, -0.15) is 0 Å². The van der Waals surface area contributed by atoms with Gasteiger partial charge in [-0.3, -0.25) is 9.79 Å². The predicted molar refractivity (Wildman–Crippen MR) is 57.4 cm³/mol. The first kappa shape index (κ1) is 11.2. The molecule has 4 heteroatoms. The second-order valence-corrected chi connectivity index (χ2v) is 3.75. The van der Waals surface area contributed by atoms with E-state index in [4.69, 9.17) is 5.73 Å². The number of carbonyl (C=O) groups excluding carboxylic acids is 1. The minimum Gasteiger partial charge on any atom is -0.348 e. The largest absolute Gasteiger partial charge is 0.348 e. The standard InChI is InChI=1S/C10H19N3O/c1-3-4-8(11)9(12-2)10(14)13-7-5-6-7/h7-8H,3-6,11H2,1-2H3,(H,13,14)/b12-9+. The summed E-state index contributed by atoms with van der Waals surface area (Å²) in [5.41, 5.74) is 6.33. The number of amides is 1. The van der Waals surface area contributed by atoms with E-state index in [1.807, 2.05) is 6.92 Å². The summed E-state index contributed by atoms with van der Waals surface area (Å²) in [7, 11) is 1.62. The van der Waals surface area contributed by atoms with E-state index in [1.54, 1.807) is 7.05 Å². The van der Waals surface area contributed by atoms with Crippen molar-refractivity contribution in [3.8, 4) is 0 Å². The molecule has 1 saturated carbocycles. The molecular formula is C10H19N3O. The maximum absolute atomic E-state index is 11.6. The van der Waals surface area contributed by atoms with Gasteiger partial charge >= 0.3 is 0 Å². The van der Waals surface area contributed by atoms with E-state index < -0.39 is 0 Å². The van der Waals surface area contributed by atoms with Crippen molar-refractivity contribution in [1.82, 2.24) is 5.32 Å². The van der Waals surface area contributed by atoms with Crippen LogP contribution in [0.15, 0.2) is 4.99 Å². The number of aliphatic imine (C=N–C) groups is 1. The van der Waals surface area contributed by atoms with Crippen molar-refractivity contribution in [3.05, 3.63) is 0 Å². The Balaban J connectivity index is 2.46. The molecule has 1 aliphatic carbocycles. The van der Waals surface area contributed by atoms with Crippen LogP contribution in [0.25, 0.3) is 0 Å². The summed E-state index contributed by atoms with van der Waals surface area (Å²) in [5, 5.41) is 2.89. The molecule has 0 aliphatic heterocycles. The van der Waals surface area contributed by atoms with Gasteiger partial charge in [0.05, 0.1) is 6.04 Å². The number of hydrogen-bond acceptors (Lipinski definition) is 3. The molecule has 4 nitrogen and oxygen atoms in total. The van der Waals surface area contributed by atoms with Crippen molar-refractivity contribution in [2.45, 2.75) is 44.7 Å². The van der Waals surface area contributed by atoms with Crippen LogP contribution in [0.2, 0.25) is 0 Å². The van der Waals surface area contributed by atoms with Crippen LogP contribution in [0.4, 0.5) is 0 Å². The summed E-state index contributed by atoms with van der Waals surface area (Å²) >= 11 is 0. The number of nitrogens with zero attached hydrogens (tertiary/aromatic N) is 1. The van der Waals surface area contributed by atoms with Gasteiger partial charge in [0.15, 0.2) is 0 Å². The van der Waals surface area contributed by atoms with Gasteiger partial charge in [0.25, 0.3) is 5.91 Å². The lowest BCUT2D eigenvalue weighted by Gasteiger charge is -2.12. The van der Waals surface area contributed by atoms with Crippen LogP contribution in [-0.4, -0.2) is 30.8 Å². The minimum absolute atomic E-state index is 0.0871. The van der Waals surface area contributed by atoms with Gasteiger partial charge in [-0.05, 0) is 19.3 Å². The summed E-state index contributed by atoms with van der Waals surface area (Å²) in [4.78, 5) is 15.6. The third-order valence-electron chi connectivity index (χ3n) is 2.34. The summed E-state index contributed by atoms with van der Waals surface area (Å²) in [6.07, 6.45) is 3.96. The number of rotatable bonds is 5. The van der Waals surface area contributed by atoms with Crippen molar-refractivity contribution in [1.29, 1.82) is 0 Å². The predicted octanol–water partition coefficient (Wildman–Crippen LogP) is 0.463. The highest BCUT2D eigenvalue weighted by molar-refractivity contribution is 6.40. The minimum atomic E-state index is -0.219. The zero-order chi connectivity index (χ0) is 10.6. The van der Waals surface area contributed by atoms with E-state index >= 15 is 0 Å². The Morgan fingerprint density at radius 1 is 1.64 bits per heavy atom. The van der Waals surface area contributed by atoms with Crippen LogP contribution in [0.1, 0.15) is 32.6 Å². The Kier molecular flexibility index (Phi) is 4.07. The highest BCUT2D eigenvalue weighted by atomic mass is 16.2. The quantitative estimate of drug-likeness (QED) is 0.629. The van der Waals surface area contributed by atoms with Crippen molar-refractivity contribution in [2.75, 3.05) is 7.05 Å². The molecule has 0 saturated heterocycles. The molecule has 0 radical (unpaired) electrons. The second kappa shape index (κ2) is 5.10. The molecule has 1 amide bonds. The van der Waals surface area contributed by atoms with E-state index in [0.717, 1.165) is 25.7 Å². The summed E-state index contributed by atoms with van der Waals surface area (Å²) in [6.45, 7) is 2.05. The molecule has 0 bridgehead atoms. The zero-order valence-electron chi connectivity index (χ0n) is 8.92. The van der Waals surface area contributed by atoms with Crippen LogP contribution in [0.3, 0.4) is 0 Å². The van der Waals surface area contributed by atoms with Crippen molar-refractivity contribution in [3.63, 3.8) is 0 Å². The van der Waals surface area contributed by atoms with Crippen molar-refractivity contribution in [2.24, 2.45) is 10.7 Å². The van der Waals surface area contributed by atoms with Gasteiger partial charge in [0, 0.05) is 13.1 Å². The fraction of sp³-hybridized carbons (Fsp3) is 0.800. The number of hydrogen-bond donors (Lipinski definition) is 2. The van der Waals surface area contributed by atoms with Crippen LogP contribution in [-0.2, 0) is 4.79 Å². The molecule has 0 spiro atoms. The molecule has 80 valence electrons. The maximum Gasteiger partial charge on any atom is 0.267 e. The third-order valence-corrected chi connectivity index (χ3v) is 2.34. The lowest BCUT2D eigenvalue weighted by atomic mass is 10.1. The molecule has 0 aromatic carbocycles. The Bertz CT molecular complexity index is 234. The average molecular weight is 197 g/mol. The van der Waals surface area contributed by atoms with E-state index in [-0.39, 0.29) is 11.9 Å². The van der Waals surface area contributed by atoms with Crippen molar-refractivity contribution < 1.29 is 4.79 Å². The second-order valence-electron chi connectivity index (χ2n) is 3.75. The van der Waals surface area contributed by atoms with Crippen LogP contribution in [0.5, 0.6) is 0 Å². The summed E-state index contributed by atoms with van der Waals surface area (Å²) < 4.78 is 0. The first-order valence-corrected chi connectivity index (χ1v) is 5.22. The molecule has 1 aliphatic rings. The van der Waals surface area contributed by atoms with Gasteiger partial charge < -0.3 is 11.1 Å². The summed E-state index contributed by atoms with van der Waals surface area (Å²) in [6, 6.07) is 0.150. The SMILES string of the molecule is CCCC(N)/C(=N\C)C(=O)NC1CC1. The summed E-state index contributed by atoms with van der Waals surface area (Å²) in [5.74, 6) is -0.0871. The molecule has 1 rings (SSSR count). The smallest absolute Gasteiger partial charge is 0.267 e. The molecule has 1 fully saturated rings. The Morgan fingerprint density at radius 3 is 2.71 bits per heavy atom. The van der Waals surface area contributed by atoms with Crippen LogP contribution < -0.4 is 11.1 Å². The van der Waals surface area contributed by atoms with Gasteiger partial charge in [0.2, 0.25) is 0 Å². The zero-order valence-corrected chi connectivity index (χ0v) is 8.92. The molecule has 3 N–H and O–H groups in total. The molecule has 0 aromatic heterocycles. The molecule has 0 heterocycles.